The maximum Gasteiger partial charge on any atom is 0.225 e. The minimum Gasteiger partial charge on any atom is -0.375 e. The van der Waals surface area contributed by atoms with Gasteiger partial charge in [-0.05, 0) is 17.9 Å². The molecule has 0 saturated carbocycles. The van der Waals surface area contributed by atoms with Crippen molar-refractivity contribution in [1.29, 1.82) is 0 Å². The van der Waals surface area contributed by atoms with Crippen molar-refractivity contribution in [3.63, 3.8) is 0 Å². The summed E-state index contributed by atoms with van der Waals surface area (Å²) in [5, 5.41) is 4.83. The van der Waals surface area contributed by atoms with E-state index >= 15 is 0 Å². The number of nitrogens with one attached hydrogen (secondary N) is 1. The van der Waals surface area contributed by atoms with Crippen molar-refractivity contribution in [1.82, 2.24) is 10.2 Å². The number of hydrogen-bond acceptors (Lipinski definition) is 4. The van der Waals surface area contributed by atoms with Crippen LogP contribution in [0.15, 0.2) is 17.5 Å². The van der Waals surface area contributed by atoms with E-state index in [0.29, 0.717) is 26.1 Å². The molecule has 0 unspecified atom stereocenters. The van der Waals surface area contributed by atoms with Crippen LogP contribution in [-0.2, 0) is 14.3 Å². The van der Waals surface area contributed by atoms with Gasteiger partial charge in [-0.3, -0.25) is 9.59 Å². The minimum atomic E-state index is -0.238. The highest BCUT2D eigenvalue weighted by atomic mass is 32.1. The first-order chi connectivity index (χ1) is 10.1. The summed E-state index contributed by atoms with van der Waals surface area (Å²) in [5.74, 6) is -0.0430. The summed E-state index contributed by atoms with van der Waals surface area (Å²) in [6, 6.07) is 3.64. The number of rotatable bonds is 5. The third-order valence-electron chi connectivity index (χ3n) is 3.59. The van der Waals surface area contributed by atoms with E-state index in [1.165, 1.54) is 6.92 Å². The Balaban J connectivity index is 1.99. The van der Waals surface area contributed by atoms with Crippen LogP contribution in [0.25, 0.3) is 0 Å². The fourth-order valence-electron chi connectivity index (χ4n) is 2.45. The van der Waals surface area contributed by atoms with Crippen LogP contribution in [-0.4, -0.2) is 42.5 Å². The quantitative estimate of drug-likeness (QED) is 0.904. The Labute approximate surface area is 129 Å². The Hall–Kier alpha value is -1.40. The van der Waals surface area contributed by atoms with Crippen LogP contribution in [0.4, 0.5) is 0 Å². The molecule has 116 valence electrons. The second-order valence-corrected chi connectivity index (χ2v) is 6.19. The van der Waals surface area contributed by atoms with Crippen molar-refractivity contribution in [2.75, 3.05) is 19.7 Å². The van der Waals surface area contributed by atoms with Crippen molar-refractivity contribution in [3.8, 4) is 0 Å². The Kier molecular flexibility index (Phi) is 5.76. The Morgan fingerprint density at radius 3 is 3.00 bits per heavy atom. The lowest BCUT2D eigenvalue weighted by molar-refractivity contribution is -0.139. The van der Waals surface area contributed by atoms with E-state index < -0.39 is 0 Å². The summed E-state index contributed by atoms with van der Waals surface area (Å²) in [6.07, 6.45) is 1.34. The van der Waals surface area contributed by atoms with Gasteiger partial charge < -0.3 is 15.0 Å². The lowest BCUT2D eigenvalue weighted by Gasteiger charge is -2.33. The van der Waals surface area contributed by atoms with Gasteiger partial charge in [-0.15, -0.1) is 11.3 Å². The summed E-state index contributed by atoms with van der Waals surface area (Å²) >= 11 is 1.56. The van der Waals surface area contributed by atoms with E-state index in [-0.39, 0.29) is 24.0 Å². The lowest BCUT2D eigenvalue weighted by Crippen LogP contribution is -2.46. The molecular formula is C15H22N2O3S. The molecule has 1 aromatic heterocycles. The molecule has 0 aliphatic carbocycles. The van der Waals surface area contributed by atoms with Gasteiger partial charge in [-0.1, -0.05) is 13.0 Å². The molecule has 0 aromatic carbocycles. The molecule has 2 rings (SSSR count). The van der Waals surface area contributed by atoms with E-state index in [1.54, 1.807) is 11.3 Å². The highest BCUT2D eigenvalue weighted by Gasteiger charge is 2.26. The molecule has 5 nitrogen and oxygen atoms in total. The van der Waals surface area contributed by atoms with Crippen molar-refractivity contribution < 1.29 is 14.3 Å². The first-order valence-electron chi connectivity index (χ1n) is 7.30. The molecule has 0 bridgehead atoms. The van der Waals surface area contributed by atoms with E-state index in [1.807, 2.05) is 22.4 Å². The molecular weight excluding hydrogens is 288 g/mol. The number of carbonyl (C=O) groups excluding carboxylic acids is 2. The predicted octanol–water partition coefficient (Wildman–Crippen LogP) is 1.95. The average Bonchev–Trinajstić information content (AvgIpc) is 3.00. The van der Waals surface area contributed by atoms with Gasteiger partial charge >= 0.3 is 0 Å². The normalized spacial score (nSPS) is 20.1. The van der Waals surface area contributed by atoms with Crippen molar-refractivity contribution in [2.45, 2.75) is 38.8 Å². The first kappa shape index (κ1) is 16.0. The number of morpholine rings is 1. The summed E-state index contributed by atoms with van der Waals surface area (Å²) in [7, 11) is 0. The smallest absolute Gasteiger partial charge is 0.225 e. The van der Waals surface area contributed by atoms with Gasteiger partial charge in [0.15, 0.2) is 0 Å². The van der Waals surface area contributed by atoms with Gasteiger partial charge in [-0.25, -0.2) is 0 Å². The summed E-state index contributed by atoms with van der Waals surface area (Å²) < 4.78 is 5.59. The molecule has 0 radical (unpaired) electrons. The Morgan fingerprint density at radius 2 is 2.38 bits per heavy atom. The van der Waals surface area contributed by atoms with Crippen molar-refractivity contribution >= 4 is 23.2 Å². The largest absolute Gasteiger partial charge is 0.375 e. The lowest BCUT2D eigenvalue weighted by atomic mass is 10.1. The van der Waals surface area contributed by atoms with Gasteiger partial charge in [0.05, 0.1) is 25.2 Å². The summed E-state index contributed by atoms with van der Waals surface area (Å²) in [5.41, 5.74) is 0. The van der Waals surface area contributed by atoms with Crippen molar-refractivity contribution in [2.24, 2.45) is 0 Å². The van der Waals surface area contributed by atoms with Crippen LogP contribution in [0.2, 0.25) is 0 Å². The van der Waals surface area contributed by atoms with Crippen LogP contribution in [0, 0.1) is 0 Å². The molecule has 1 aliphatic heterocycles. The molecule has 2 heterocycles. The molecule has 6 heteroatoms. The number of thiophene rings is 1. The van der Waals surface area contributed by atoms with Crippen LogP contribution >= 0.6 is 11.3 Å². The van der Waals surface area contributed by atoms with Crippen LogP contribution < -0.4 is 5.32 Å². The number of amides is 2. The van der Waals surface area contributed by atoms with Gasteiger partial charge in [-0.2, -0.15) is 0 Å². The standard InChI is InChI=1S/C15H22N2O3S/c1-3-12-10-17(6-7-20-12)15(19)9-13(16-11(2)18)14-5-4-8-21-14/h4-5,8,12-13H,3,6-7,9-10H2,1-2H3,(H,16,18)/t12-,13-/m0/s1. The zero-order valence-electron chi connectivity index (χ0n) is 12.5. The number of hydrogen-bond donors (Lipinski definition) is 1. The molecule has 1 N–H and O–H groups in total. The molecule has 1 fully saturated rings. The minimum absolute atomic E-state index is 0.0731. The SMILES string of the molecule is CC[C@H]1CN(C(=O)C[C@H](NC(C)=O)c2cccs2)CCO1. The van der Waals surface area contributed by atoms with E-state index in [4.69, 9.17) is 4.74 Å². The van der Waals surface area contributed by atoms with E-state index in [2.05, 4.69) is 12.2 Å². The third-order valence-corrected chi connectivity index (χ3v) is 4.58. The van der Waals surface area contributed by atoms with E-state index in [0.717, 1.165) is 11.3 Å². The number of nitrogens with zero attached hydrogens (tertiary/aromatic N) is 1. The highest BCUT2D eigenvalue weighted by Crippen LogP contribution is 2.23. The van der Waals surface area contributed by atoms with E-state index in [9.17, 15) is 9.59 Å². The molecule has 2 atom stereocenters. The molecule has 21 heavy (non-hydrogen) atoms. The number of carbonyl (C=O) groups is 2. The monoisotopic (exact) mass is 310 g/mol. The second-order valence-electron chi connectivity index (χ2n) is 5.21. The Morgan fingerprint density at radius 1 is 1.57 bits per heavy atom. The third kappa shape index (κ3) is 4.54. The van der Waals surface area contributed by atoms with Gasteiger partial charge in [0.2, 0.25) is 11.8 Å². The number of ether oxygens (including phenoxy) is 1. The van der Waals surface area contributed by atoms with Crippen molar-refractivity contribution in [3.05, 3.63) is 22.4 Å². The molecule has 1 saturated heterocycles. The maximum atomic E-state index is 12.5. The highest BCUT2D eigenvalue weighted by molar-refractivity contribution is 7.10. The zero-order valence-corrected chi connectivity index (χ0v) is 13.3. The summed E-state index contributed by atoms with van der Waals surface area (Å²) in [4.78, 5) is 26.7. The van der Waals surface area contributed by atoms with Crippen LogP contribution in [0.1, 0.15) is 37.6 Å². The zero-order chi connectivity index (χ0) is 15.2. The molecule has 1 aliphatic rings. The molecule has 0 spiro atoms. The second kappa shape index (κ2) is 7.56. The first-order valence-corrected chi connectivity index (χ1v) is 8.18. The fourth-order valence-corrected chi connectivity index (χ4v) is 3.23. The fraction of sp³-hybridized carbons (Fsp3) is 0.600. The summed E-state index contributed by atoms with van der Waals surface area (Å²) in [6.45, 7) is 5.41. The van der Waals surface area contributed by atoms with Gasteiger partial charge in [0, 0.05) is 24.9 Å². The van der Waals surface area contributed by atoms with Crippen LogP contribution in [0.3, 0.4) is 0 Å². The molecule has 2 amide bonds. The van der Waals surface area contributed by atoms with Gasteiger partial charge in [0.25, 0.3) is 0 Å². The maximum absolute atomic E-state index is 12.5. The topological polar surface area (TPSA) is 58.6 Å². The predicted molar refractivity (Wildman–Crippen MR) is 82.1 cm³/mol. The molecule has 1 aromatic rings. The Bertz CT molecular complexity index is 475. The van der Waals surface area contributed by atoms with Crippen LogP contribution in [0.5, 0.6) is 0 Å². The van der Waals surface area contributed by atoms with Gasteiger partial charge in [0.1, 0.15) is 0 Å². The average molecular weight is 310 g/mol.